The number of anilines is 1. The molecule has 0 unspecified atom stereocenters. The third-order valence-corrected chi connectivity index (χ3v) is 3.28. The second-order valence-electron chi connectivity index (χ2n) is 5.19. The number of hydrogen-bond donors (Lipinski definition) is 2. The van der Waals surface area contributed by atoms with Crippen molar-refractivity contribution in [3.8, 4) is 5.75 Å². The molecule has 6 heteroatoms. The zero-order chi connectivity index (χ0) is 17.5. The van der Waals surface area contributed by atoms with E-state index in [-0.39, 0.29) is 11.8 Å². The number of rotatable bonds is 5. The molecule has 0 saturated carbocycles. The largest absolute Gasteiger partial charge is 0.496 e. The Morgan fingerprint density at radius 1 is 1.12 bits per heavy atom. The quantitative estimate of drug-likeness (QED) is 0.655. The van der Waals surface area contributed by atoms with Crippen molar-refractivity contribution in [3.05, 3.63) is 59.2 Å². The molecule has 2 aromatic rings. The van der Waals surface area contributed by atoms with E-state index < -0.39 is 0 Å². The molecule has 2 N–H and O–H groups in total. The van der Waals surface area contributed by atoms with Crippen molar-refractivity contribution in [2.45, 2.75) is 13.8 Å². The number of nitrogens with one attached hydrogen (secondary N) is 2. The highest BCUT2D eigenvalue weighted by molar-refractivity contribution is 5.96. The zero-order valence-corrected chi connectivity index (χ0v) is 13.8. The summed E-state index contributed by atoms with van der Waals surface area (Å²) in [4.78, 5) is 23.0. The van der Waals surface area contributed by atoms with Gasteiger partial charge in [-0.3, -0.25) is 9.59 Å². The molecule has 2 aromatic carbocycles. The van der Waals surface area contributed by atoms with Crippen LogP contribution < -0.4 is 15.5 Å². The highest BCUT2D eigenvalue weighted by Crippen LogP contribution is 2.17. The molecule has 0 atom stereocenters. The van der Waals surface area contributed by atoms with Gasteiger partial charge in [0.15, 0.2) is 0 Å². The number of amides is 2. The first-order valence-electron chi connectivity index (χ1n) is 7.35. The monoisotopic (exact) mass is 325 g/mol. The van der Waals surface area contributed by atoms with Gasteiger partial charge in [0, 0.05) is 18.2 Å². The fourth-order valence-corrected chi connectivity index (χ4v) is 2.06. The van der Waals surface area contributed by atoms with E-state index in [0.29, 0.717) is 11.3 Å². The van der Waals surface area contributed by atoms with Crippen molar-refractivity contribution in [1.82, 2.24) is 5.43 Å². The van der Waals surface area contributed by atoms with Gasteiger partial charge in [0.05, 0.1) is 13.3 Å². The van der Waals surface area contributed by atoms with Crippen LogP contribution in [0.25, 0.3) is 0 Å². The molecule has 0 aliphatic carbocycles. The number of nitrogens with zero attached hydrogens (tertiary/aromatic N) is 1. The number of carbonyl (C=O) groups is 2. The Bertz CT molecular complexity index is 768. The lowest BCUT2D eigenvalue weighted by molar-refractivity contribution is -0.114. The summed E-state index contributed by atoms with van der Waals surface area (Å²) in [5, 5.41) is 6.58. The van der Waals surface area contributed by atoms with Crippen LogP contribution in [0.3, 0.4) is 0 Å². The van der Waals surface area contributed by atoms with Gasteiger partial charge in [-0.2, -0.15) is 5.10 Å². The van der Waals surface area contributed by atoms with Gasteiger partial charge in [0.1, 0.15) is 5.75 Å². The Labute approximate surface area is 140 Å². The maximum Gasteiger partial charge on any atom is 0.271 e. The minimum atomic E-state index is -0.334. The van der Waals surface area contributed by atoms with Gasteiger partial charge in [-0.05, 0) is 48.4 Å². The Morgan fingerprint density at radius 2 is 1.83 bits per heavy atom. The van der Waals surface area contributed by atoms with E-state index in [9.17, 15) is 9.59 Å². The van der Waals surface area contributed by atoms with Crippen LogP contribution in [-0.4, -0.2) is 25.1 Å². The van der Waals surface area contributed by atoms with Crippen molar-refractivity contribution in [3.63, 3.8) is 0 Å². The molecule has 2 amide bonds. The Balaban J connectivity index is 1.98. The normalized spacial score (nSPS) is 10.5. The highest BCUT2D eigenvalue weighted by atomic mass is 16.5. The molecule has 0 bridgehead atoms. The molecular weight excluding hydrogens is 306 g/mol. The maximum atomic E-state index is 12.0. The molecule has 2 rings (SSSR count). The predicted molar refractivity (Wildman–Crippen MR) is 93.5 cm³/mol. The summed E-state index contributed by atoms with van der Waals surface area (Å²) in [6.45, 7) is 3.38. The average molecular weight is 325 g/mol. The number of hydrogen-bond acceptors (Lipinski definition) is 4. The molecule has 0 spiro atoms. The van der Waals surface area contributed by atoms with Crippen LogP contribution in [-0.2, 0) is 4.79 Å². The first-order valence-corrected chi connectivity index (χ1v) is 7.35. The van der Waals surface area contributed by atoms with E-state index in [1.54, 1.807) is 37.6 Å². The van der Waals surface area contributed by atoms with E-state index in [1.807, 2.05) is 25.1 Å². The number of hydrazone groups is 1. The lowest BCUT2D eigenvalue weighted by Gasteiger charge is -2.05. The fraction of sp³-hybridized carbons (Fsp3) is 0.167. The summed E-state index contributed by atoms with van der Waals surface area (Å²) in [7, 11) is 1.61. The third-order valence-electron chi connectivity index (χ3n) is 3.28. The molecular formula is C18H19N3O3. The van der Waals surface area contributed by atoms with Crippen molar-refractivity contribution in [2.75, 3.05) is 12.4 Å². The number of carbonyl (C=O) groups excluding carboxylic acids is 2. The zero-order valence-electron chi connectivity index (χ0n) is 13.8. The SMILES string of the molecule is COc1cc(/C=N\NC(=O)c2ccc(NC(C)=O)cc2)ccc1C. The van der Waals surface area contributed by atoms with Gasteiger partial charge in [0.25, 0.3) is 5.91 Å². The van der Waals surface area contributed by atoms with Crippen LogP contribution in [0.15, 0.2) is 47.6 Å². The minimum absolute atomic E-state index is 0.162. The lowest BCUT2D eigenvalue weighted by Crippen LogP contribution is -2.17. The molecule has 0 saturated heterocycles. The Hall–Kier alpha value is -3.15. The fourth-order valence-electron chi connectivity index (χ4n) is 2.06. The molecule has 0 heterocycles. The summed E-state index contributed by atoms with van der Waals surface area (Å²) in [5.41, 5.74) is 5.39. The second-order valence-corrected chi connectivity index (χ2v) is 5.19. The molecule has 0 radical (unpaired) electrons. The van der Waals surface area contributed by atoms with Crippen LogP contribution in [0.2, 0.25) is 0 Å². The first kappa shape index (κ1) is 17.2. The van der Waals surface area contributed by atoms with Gasteiger partial charge in [-0.15, -0.1) is 0 Å². The van der Waals surface area contributed by atoms with Gasteiger partial charge < -0.3 is 10.1 Å². The number of benzene rings is 2. The van der Waals surface area contributed by atoms with Gasteiger partial charge in [0.2, 0.25) is 5.91 Å². The molecule has 24 heavy (non-hydrogen) atoms. The molecule has 0 fully saturated rings. The lowest BCUT2D eigenvalue weighted by atomic mass is 10.1. The standard InChI is InChI=1S/C18H19N3O3/c1-12-4-5-14(10-17(12)24-3)11-19-21-18(23)15-6-8-16(9-7-15)20-13(2)22/h4-11H,1-3H3,(H,20,22)(H,21,23)/b19-11-. The van der Waals surface area contributed by atoms with Crippen LogP contribution >= 0.6 is 0 Å². The van der Waals surface area contributed by atoms with Crippen LogP contribution in [0.1, 0.15) is 28.4 Å². The summed E-state index contributed by atoms with van der Waals surface area (Å²) < 4.78 is 5.24. The third kappa shape index (κ3) is 4.67. The number of methoxy groups -OCH3 is 1. The number of ether oxygens (including phenoxy) is 1. The van der Waals surface area contributed by atoms with E-state index in [2.05, 4.69) is 15.8 Å². The molecule has 6 nitrogen and oxygen atoms in total. The summed E-state index contributed by atoms with van der Waals surface area (Å²) in [6, 6.07) is 12.2. The van der Waals surface area contributed by atoms with E-state index in [4.69, 9.17) is 4.74 Å². The molecule has 0 aromatic heterocycles. The summed E-state index contributed by atoms with van der Waals surface area (Å²) in [5.74, 6) is 0.267. The average Bonchev–Trinajstić information content (AvgIpc) is 2.56. The van der Waals surface area contributed by atoms with Gasteiger partial charge in [-0.1, -0.05) is 12.1 Å². The van der Waals surface area contributed by atoms with E-state index in [1.165, 1.54) is 6.92 Å². The minimum Gasteiger partial charge on any atom is -0.496 e. The van der Waals surface area contributed by atoms with Crippen molar-refractivity contribution in [2.24, 2.45) is 5.10 Å². The van der Waals surface area contributed by atoms with E-state index >= 15 is 0 Å². The van der Waals surface area contributed by atoms with Crippen molar-refractivity contribution in [1.29, 1.82) is 0 Å². The second kappa shape index (κ2) is 7.92. The first-order chi connectivity index (χ1) is 11.5. The van der Waals surface area contributed by atoms with Crippen LogP contribution in [0.4, 0.5) is 5.69 Å². The summed E-state index contributed by atoms with van der Waals surface area (Å²) >= 11 is 0. The maximum absolute atomic E-state index is 12.0. The molecule has 0 aliphatic rings. The summed E-state index contributed by atoms with van der Waals surface area (Å²) in [6.07, 6.45) is 1.55. The highest BCUT2D eigenvalue weighted by Gasteiger charge is 2.04. The Morgan fingerprint density at radius 3 is 2.46 bits per heavy atom. The smallest absolute Gasteiger partial charge is 0.271 e. The molecule has 124 valence electrons. The van der Waals surface area contributed by atoms with Crippen molar-refractivity contribution >= 4 is 23.7 Å². The predicted octanol–water partition coefficient (Wildman–Crippen LogP) is 2.73. The van der Waals surface area contributed by atoms with Crippen molar-refractivity contribution < 1.29 is 14.3 Å². The van der Waals surface area contributed by atoms with E-state index in [0.717, 1.165) is 16.9 Å². The van der Waals surface area contributed by atoms with Gasteiger partial charge in [-0.25, -0.2) is 5.43 Å². The van der Waals surface area contributed by atoms with Gasteiger partial charge >= 0.3 is 0 Å². The molecule has 0 aliphatic heterocycles. The Kier molecular flexibility index (Phi) is 5.68. The number of aryl methyl sites for hydroxylation is 1. The topological polar surface area (TPSA) is 79.8 Å². The van der Waals surface area contributed by atoms with Crippen LogP contribution in [0.5, 0.6) is 5.75 Å². The van der Waals surface area contributed by atoms with Crippen LogP contribution in [0, 0.1) is 6.92 Å².